The van der Waals surface area contributed by atoms with Crippen LogP contribution in [0.4, 0.5) is 0 Å². The van der Waals surface area contributed by atoms with Gasteiger partial charge in [0, 0.05) is 6.04 Å². The van der Waals surface area contributed by atoms with Crippen LogP contribution in [-0.4, -0.2) is 18.0 Å². The molecule has 0 spiro atoms. The van der Waals surface area contributed by atoms with E-state index in [9.17, 15) is 0 Å². The van der Waals surface area contributed by atoms with Crippen molar-refractivity contribution in [1.29, 1.82) is 5.26 Å². The van der Waals surface area contributed by atoms with Crippen LogP contribution < -0.4 is 0 Å². The van der Waals surface area contributed by atoms with Gasteiger partial charge in [-0.3, -0.25) is 4.90 Å². The minimum atomic E-state index is 0.266. The number of nitrogens with zero attached hydrogens (tertiary/aromatic N) is 2. The molecule has 1 fully saturated rings. The maximum absolute atomic E-state index is 9.13. The molecule has 0 saturated carbocycles. The molecule has 0 aromatic heterocycles. The fourth-order valence-corrected chi connectivity index (χ4v) is 3.30. The first-order valence-corrected chi connectivity index (χ1v) is 7.68. The van der Waals surface area contributed by atoms with E-state index in [1.54, 1.807) is 0 Å². The predicted octanol–water partition coefficient (Wildman–Crippen LogP) is 4.40. The Hall–Kier alpha value is -1.33. The summed E-state index contributed by atoms with van der Waals surface area (Å²) >= 11 is 0. The Kier molecular flexibility index (Phi) is 4.83. The van der Waals surface area contributed by atoms with Gasteiger partial charge >= 0.3 is 0 Å². The molecule has 108 valence electrons. The Morgan fingerprint density at radius 3 is 2.30 bits per heavy atom. The van der Waals surface area contributed by atoms with Crippen molar-refractivity contribution in [3.8, 4) is 6.07 Å². The second-order valence-electron chi connectivity index (χ2n) is 6.96. The van der Waals surface area contributed by atoms with Crippen LogP contribution in [0, 0.1) is 22.7 Å². The zero-order chi connectivity index (χ0) is 14.6. The van der Waals surface area contributed by atoms with Crippen molar-refractivity contribution in [3.05, 3.63) is 35.9 Å². The van der Waals surface area contributed by atoms with Gasteiger partial charge in [-0.25, -0.2) is 0 Å². The Labute approximate surface area is 123 Å². The summed E-state index contributed by atoms with van der Waals surface area (Å²) in [5, 5.41) is 9.13. The molecular weight excluding hydrogens is 244 g/mol. The van der Waals surface area contributed by atoms with Gasteiger partial charge < -0.3 is 0 Å². The van der Waals surface area contributed by atoms with Gasteiger partial charge in [-0.05, 0) is 42.8 Å². The quantitative estimate of drug-likeness (QED) is 0.814. The van der Waals surface area contributed by atoms with Crippen molar-refractivity contribution < 1.29 is 0 Å². The molecule has 0 radical (unpaired) electrons. The lowest BCUT2D eigenvalue weighted by Gasteiger charge is -2.41. The number of rotatable bonds is 3. The fraction of sp³-hybridized carbons (Fsp3) is 0.611. The number of hydrogen-bond acceptors (Lipinski definition) is 2. The van der Waals surface area contributed by atoms with Gasteiger partial charge in [-0.1, -0.05) is 51.1 Å². The van der Waals surface area contributed by atoms with Crippen LogP contribution >= 0.6 is 0 Å². The minimum Gasteiger partial charge on any atom is -0.295 e. The third-order valence-corrected chi connectivity index (χ3v) is 4.66. The van der Waals surface area contributed by atoms with E-state index >= 15 is 0 Å². The Morgan fingerprint density at radius 2 is 1.80 bits per heavy atom. The summed E-state index contributed by atoms with van der Waals surface area (Å²) in [5.74, 6) is 0.803. The molecule has 1 atom stereocenters. The fourth-order valence-electron chi connectivity index (χ4n) is 3.30. The molecular formula is C18H26N2. The van der Waals surface area contributed by atoms with Crippen molar-refractivity contribution in [3.63, 3.8) is 0 Å². The highest BCUT2D eigenvalue weighted by molar-refractivity contribution is 5.20. The molecule has 0 N–H and O–H groups in total. The average Bonchev–Trinajstić information content (AvgIpc) is 2.45. The molecule has 2 heteroatoms. The Balaban J connectivity index is 2.05. The van der Waals surface area contributed by atoms with Crippen molar-refractivity contribution in [2.75, 3.05) is 13.1 Å². The molecule has 20 heavy (non-hydrogen) atoms. The summed E-state index contributed by atoms with van der Waals surface area (Å²) in [4.78, 5) is 2.50. The normalized spacial score (nSPS) is 19.5. The van der Waals surface area contributed by atoms with Crippen molar-refractivity contribution >= 4 is 0 Å². The van der Waals surface area contributed by atoms with Gasteiger partial charge in [0.25, 0.3) is 0 Å². The summed E-state index contributed by atoms with van der Waals surface area (Å²) in [6.45, 7) is 9.26. The first kappa shape index (κ1) is 15.1. The molecule has 0 bridgehead atoms. The smallest absolute Gasteiger partial charge is 0.0641 e. The van der Waals surface area contributed by atoms with Crippen LogP contribution in [0.25, 0.3) is 0 Å². The van der Waals surface area contributed by atoms with E-state index < -0.39 is 0 Å². The molecule has 1 aliphatic rings. The second-order valence-corrected chi connectivity index (χ2v) is 6.96. The van der Waals surface area contributed by atoms with Gasteiger partial charge in [0.2, 0.25) is 0 Å². The summed E-state index contributed by atoms with van der Waals surface area (Å²) < 4.78 is 0. The van der Waals surface area contributed by atoms with Crippen LogP contribution in [0.2, 0.25) is 0 Å². The lowest BCUT2D eigenvalue weighted by atomic mass is 9.75. The van der Waals surface area contributed by atoms with Crippen LogP contribution in [0.3, 0.4) is 0 Å². The monoisotopic (exact) mass is 270 g/mol. The SMILES string of the molecule is CC(C)(C)C1CCN(C(CC#N)c2ccccc2)CC1. The van der Waals surface area contributed by atoms with E-state index in [-0.39, 0.29) is 6.04 Å². The zero-order valence-corrected chi connectivity index (χ0v) is 13.0. The average molecular weight is 270 g/mol. The Bertz CT molecular complexity index is 445. The largest absolute Gasteiger partial charge is 0.295 e. The minimum absolute atomic E-state index is 0.266. The summed E-state index contributed by atoms with van der Waals surface area (Å²) in [7, 11) is 0. The van der Waals surface area contributed by atoms with Gasteiger partial charge in [0.05, 0.1) is 12.5 Å². The van der Waals surface area contributed by atoms with Gasteiger partial charge in [0.15, 0.2) is 0 Å². The van der Waals surface area contributed by atoms with E-state index in [4.69, 9.17) is 5.26 Å². The van der Waals surface area contributed by atoms with Gasteiger partial charge in [-0.2, -0.15) is 5.26 Å². The van der Waals surface area contributed by atoms with E-state index in [0.717, 1.165) is 19.0 Å². The van der Waals surface area contributed by atoms with Crippen LogP contribution in [0.1, 0.15) is 51.6 Å². The first-order valence-electron chi connectivity index (χ1n) is 7.68. The standard InChI is InChI=1S/C18H26N2/c1-18(2,3)16-10-13-20(14-11-16)17(9-12-19)15-7-5-4-6-8-15/h4-8,16-17H,9-11,13-14H2,1-3H3. The number of piperidine rings is 1. The van der Waals surface area contributed by atoms with E-state index in [0.29, 0.717) is 11.8 Å². The maximum Gasteiger partial charge on any atom is 0.0641 e. The maximum atomic E-state index is 9.13. The van der Waals surface area contributed by atoms with Crippen molar-refractivity contribution in [2.24, 2.45) is 11.3 Å². The van der Waals surface area contributed by atoms with Gasteiger partial charge in [-0.15, -0.1) is 0 Å². The molecule has 1 saturated heterocycles. The van der Waals surface area contributed by atoms with Crippen molar-refractivity contribution in [2.45, 2.75) is 46.1 Å². The topological polar surface area (TPSA) is 27.0 Å². The molecule has 0 aliphatic carbocycles. The first-order chi connectivity index (χ1) is 9.52. The number of nitriles is 1. The highest BCUT2D eigenvalue weighted by atomic mass is 15.2. The van der Waals surface area contributed by atoms with E-state index in [2.05, 4.69) is 56.0 Å². The predicted molar refractivity (Wildman–Crippen MR) is 83.2 cm³/mol. The summed E-state index contributed by atoms with van der Waals surface area (Å²) in [6.07, 6.45) is 3.08. The van der Waals surface area contributed by atoms with Gasteiger partial charge in [0.1, 0.15) is 0 Å². The molecule has 1 heterocycles. The van der Waals surface area contributed by atoms with Crippen LogP contribution in [0.15, 0.2) is 30.3 Å². The second kappa shape index (κ2) is 6.41. The molecule has 1 aromatic rings. The highest BCUT2D eigenvalue weighted by Gasteiger charge is 2.31. The molecule has 2 nitrogen and oxygen atoms in total. The molecule has 0 amide bonds. The lowest BCUT2D eigenvalue weighted by molar-refractivity contribution is 0.0834. The number of likely N-dealkylation sites (tertiary alicyclic amines) is 1. The lowest BCUT2D eigenvalue weighted by Crippen LogP contribution is -2.40. The summed E-state index contributed by atoms with van der Waals surface area (Å²) in [5.41, 5.74) is 1.69. The molecule has 1 unspecified atom stereocenters. The van der Waals surface area contributed by atoms with Crippen LogP contribution in [-0.2, 0) is 0 Å². The molecule has 2 rings (SSSR count). The molecule has 1 aromatic carbocycles. The Morgan fingerprint density at radius 1 is 1.20 bits per heavy atom. The van der Waals surface area contributed by atoms with E-state index in [1.807, 2.05) is 6.07 Å². The number of benzene rings is 1. The van der Waals surface area contributed by atoms with Crippen LogP contribution in [0.5, 0.6) is 0 Å². The van der Waals surface area contributed by atoms with Crippen molar-refractivity contribution in [1.82, 2.24) is 4.90 Å². The van der Waals surface area contributed by atoms with E-state index in [1.165, 1.54) is 18.4 Å². The summed E-state index contributed by atoms with van der Waals surface area (Å²) in [6, 6.07) is 13.1. The highest BCUT2D eigenvalue weighted by Crippen LogP contribution is 2.37. The molecule has 1 aliphatic heterocycles. The zero-order valence-electron chi connectivity index (χ0n) is 13.0. The third-order valence-electron chi connectivity index (χ3n) is 4.66. The number of hydrogen-bond donors (Lipinski definition) is 0. The third kappa shape index (κ3) is 3.61.